The largest absolute Gasteiger partial charge is 0.385 e. The molecule has 62 valence electrons. The molecular weight excluding hydrogens is 148 g/mol. The van der Waals surface area contributed by atoms with Gasteiger partial charge in [0.15, 0.2) is 0 Å². The van der Waals surface area contributed by atoms with Gasteiger partial charge in [0.25, 0.3) is 0 Å². The van der Waals surface area contributed by atoms with E-state index in [1.807, 2.05) is 0 Å². The van der Waals surface area contributed by atoms with Crippen molar-refractivity contribution >= 4 is 11.6 Å². The van der Waals surface area contributed by atoms with Crippen molar-refractivity contribution in [1.82, 2.24) is 0 Å². The SMILES string of the molecule is CCCC(Cl)CCCOC. The molecule has 0 saturated heterocycles. The topological polar surface area (TPSA) is 9.23 Å². The van der Waals surface area contributed by atoms with Crippen LogP contribution in [0.25, 0.3) is 0 Å². The van der Waals surface area contributed by atoms with Crippen molar-refractivity contribution in [3.63, 3.8) is 0 Å². The number of hydrogen-bond acceptors (Lipinski definition) is 1. The number of rotatable bonds is 6. The van der Waals surface area contributed by atoms with Crippen LogP contribution >= 0.6 is 11.6 Å². The van der Waals surface area contributed by atoms with E-state index in [1.54, 1.807) is 7.11 Å². The molecule has 0 bridgehead atoms. The van der Waals surface area contributed by atoms with Crippen LogP contribution in [0.4, 0.5) is 0 Å². The Hall–Kier alpha value is 0.250. The Labute approximate surface area is 68.7 Å². The summed E-state index contributed by atoms with van der Waals surface area (Å²) in [5.41, 5.74) is 0. The fourth-order valence-corrected chi connectivity index (χ4v) is 1.28. The number of hydrogen-bond donors (Lipinski definition) is 0. The minimum Gasteiger partial charge on any atom is -0.385 e. The Morgan fingerprint density at radius 3 is 2.60 bits per heavy atom. The summed E-state index contributed by atoms with van der Waals surface area (Å²) in [7, 11) is 1.73. The first kappa shape index (κ1) is 10.2. The average molecular weight is 165 g/mol. The summed E-state index contributed by atoms with van der Waals surface area (Å²) in [6, 6.07) is 0. The molecule has 0 aromatic carbocycles. The van der Waals surface area contributed by atoms with Crippen molar-refractivity contribution in [2.24, 2.45) is 0 Å². The third kappa shape index (κ3) is 6.37. The molecule has 1 atom stereocenters. The predicted octanol–water partition coefficient (Wildman–Crippen LogP) is 2.82. The first-order chi connectivity index (χ1) is 4.81. The normalized spacial score (nSPS) is 13.5. The summed E-state index contributed by atoms with van der Waals surface area (Å²) in [4.78, 5) is 0. The molecule has 0 fully saturated rings. The number of methoxy groups -OCH3 is 1. The monoisotopic (exact) mass is 164 g/mol. The summed E-state index contributed by atoms with van der Waals surface area (Å²) in [5.74, 6) is 0. The van der Waals surface area contributed by atoms with Crippen LogP contribution in [-0.4, -0.2) is 19.1 Å². The van der Waals surface area contributed by atoms with Gasteiger partial charge in [0.05, 0.1) is 0 Å². The Morgan fingerprint density at radius 2 is 2.10 bits per heavy atom. The molecule has 0 N–H and O–H groups in total. The highest BCUT2D eigenvalue weighted by Crippen LogP contribution is 2.11. The van der Waals surface area contributed by atoms with Gasteiger partial charge in [-0.15, -0.1) is 11.6 Å². The Kier molecular flexibility index (Phi) is 7.54. The van der Waals surface area contributed by atoms with E-state index < -0.39 is 0 Å². The van der Waals surface area contributed by atoms with Gasteiger partial charge in [-0.05, 0) is 19.3 Å². The van der Waals surface area contributed by atoms with Gasteiger partial charge in [-0.25, -0.2) is 0 Å². The molecule has 1 unspecified atom stereocenters. The van der Waals surface area contributed by atoms with Gasteiger partial charge >= 0.3 is 0 Å². The lowest BCUT2D eigenvalue weighted by atomic mass is 10.1. The van der Waals surface area contributed by atoms with Crippen molar-refractivity contribution in [2.75, 3.05) is 13.7 Å². The van der Waals surface area contributed by atoms with E-state index in [4.69, 9.17) is 16.3 Å². The highest BCUT2D eigenvalue weighted by molar-refractivity contribution is 6.20. The molecule has 0 aliphatic heterocycles. The summed E-state index contributed by atoms with van der Waals surface area (Å²) < 4.78 is 4.91. The van der Waals surface area contributed by atoms with Crippen LogP contribution in [0.2, 0.25) is 0 Å². The van der Waals surface area contributed by atoms with Crippen LogP contribution in [0.3, 0.4) is 0 Å². The molecule has 0 radical (unpaired) electrons. The first-order valence-corrected chi connectivity index (χ1v) is 4.38. The van der Waals surface area contributed by atoms with Gasteiger partial charge in [0, 0.05) is 19.1 Å². The minimum atomic E-state index is 0.361. The van der Waals surface area contributed by atoms with Crippen molar-refractivity contribution in [2.45, 2.75) is 38.0 Å². The van der Waals surface area contributed by atoms with Gasteiger partial charge in [-0.3, -0.25) is 0 Å². The van der Waals surface area contributed by atoms with Crippen LogP contribution < -0.4 is 0 Å². The van der Waals surface area contributed by atoms with Gasteiger partial charge < -0.3 is 4.74 Å². The fourth-order valence-electron chi connectivity index (χ4n) is 0.907. The Bertz CT molecular complexity index is 66.3. The molecule has 1 nitrogen and oxygen atoms in total. The highest BCUT2D eigenvalue weighted by atomic mass is 35.5. The quantitative estimate of drug-likeness (QED) is 0.434. The average Bonchev–Trinajstić information content (AvgIpc) is 1.89. The molecule has 10 heavy (non-hydrogen) atoms. The van der Waals surface area contributed by atoms with E-state index >= 15 is 0 Å². The third-order valence-corrected chi connectivity index (χ3v) is 1.90. The standard InChI is InChI=1S/C8H17ClO/c1-3-5-8(9)6-4-7-10-2/h8H,3-7H2,1-2H3. The zero-order valence-corrected chi connectivity index (χ0v) is 7.66. The molecule has 0 aromatic rings. The van der Waals surface area contributed by atoms with Crippen LogP contribution in [0.5, 0.6) is 0 Å². The summed E-state index contributed by atoms with van der Waals surface area (Å²) in [5, 5.41) is 0.361. The highest BCUT2D eigenvalue weighted by Gasteiger charge is 2.00. The molecule has 0 aromatic heterocycles. The van der Waals surface area contributed by atoms with Crippen LogP contribution in [0.15, 0.2) is 0 Å². The van der Waals surface area contributed by atoms with E-state index in [9.17, 15) is 0 Å². The fraction of sp³-hybridized carbons (Fsp3) is 1.00. The number of ether oxygens (including phenoxy) is 1. The van der Waals surface area contributed by atoms with Gasteiger partial charge in [0.1, 0.15) is 0 Å². The summed E-state index contributed by atoms with van der Waals surface area (Å²) in [6.07, 6.45) is 4.49. The zero-order chi connectivity index (χ0) is 7.82. The molecular formula is C8H17ClO. The maximum atomic E-state index is 5.96. The van der Waals surface area contributed by atoms with Crippen LogP contribution in [-0.2, 0) is 4.74 Å². The van der Waals surface area contributed by atoms with Gasteiger partial charge in [-0.1, -0.05) is 13.3 Å². The minimum absolute atomic E-state index is 0.361. The summed E-state index contributed by atoms with van der Waals surface area (Å²) >= 11 is 5.96. The molecule has 0 aliphatic carbocycles. The first-order valence-electron chi connectivity index (χ1n) is 3.94. The number of halogens is 1. The lowest BCUT2D eigenvalue weighted by Gasteiger charge is -2.05. The van der Waals surface area contributed by atoms with E-state index in [-0.39, 0.29) is 0 Å². The van der Waals surface area contributed by atoms with Crippen molar-refractivity contribution in [1.29, 1.82) is 0 Å². The van der Waals surface area contributed by atoms with E-state index in [0.29, 0.717) is 5.38 Å². The van der Waals surface area contributed by atoms with E-state index in [2.05, 4.69) is 6.92 Å². The van der Waals surface area contributed by atoms with Crippen LogP contribution in [0, 0.1) is 0 Å². The lowest BCUT2D eigenvalue weighted by molar-refractivity contribution is 0.192. The van der Waals surface area contributed by atoms with Gasteiger partial charge in [0.2, 0.25) is 0 Å². The maximum absolute atomic E-state index is 5.96. The third-order valence-electron chi connectivity index (χ3n) is 1.47. The molecule has 0 heterocycles. The number of alkyl halides is 1. The Morgan fingerprint density at radius 1 is 1.40 bits per heavy atom. The Balaban J connectivity index is 2.97. The van der Waals surface area contributed by atoms with Crippen molar-refractivity contribution < 1.29 is 4.74 Å². The second-order valence-electron chi connectivity index (χ2n) is 2.52. The maximum Gasteiger partial charge on any atom is 0.0462 e. The molecule has 0 rings (SSSR count). The van der Waals surface area contributed by atoms with Crippen LogP contribution in [0.1, 0.15) is 32.6 Å². The smallest absolute Gasteiger partial charge is 0.0462 e. The molecule has 0 spiro atoms. The molecule has 2 heteroatoms. The van der Waals surface area contributed by atoms with Gasteiger partial charge in [-0.2, -0.15) is 0 Å². The molecule has 0 saturated carbocycles. The lowest BCUT2D eigenvalue weighted by Crippen LogP contribution is -1.99. The summed E-state index contributed by atoms with van der Waals surface area (Å²) in [6.45, 7) is 3.00. The molecule has 0 amide bonds. The second-order valence-corrected chi connectivity index (χ2v) is 3.14. The van der Waals surface area contributed by atoms with E-state index in [1.165, 1.54) is 6.42 Å². The second kappa shape index (κ2) is 7.36. The zero-order valence-electron chi connectivity index (χ0n) is 6.90. The van der Waals surface area contributed by atoms with Crippen molar-refractivity contribution in [3.8, 4) is 0 Å². The molecule has 0 aliphatic rings. The van der Waals surface area contributed by atoms with E-state index in [0.717, 1.165) is 25.9 Å². The predicted molar refractivity (Wildman–Crippen MR) is 45.7 cm³/mol. The van der Waals surface area contributed by atoms with Crippen molar-refractivity contribution in [3.05, 3.63) is 0 Å².